The molecule has 3 rings (SSSR count). The number of nitrogens with two attached hydrogens (primary N) is 1. The normalized spacial score (nSPS) is 11.1. The van der Waals surface area contributed by atoms with Crippen molar-refractivity contribution in [1.29, 1.82) is 0 Å². The van der Waals surface area contributed by atoms with Gasteiger partial charge in [0.15, 0.2) is 0 Å². The summed E-state index contributed by atoms with van der Waals surface area (Å²) in [7, 11) is -3.33. The fourth-order valence-corrected chi connectivity index (χ4v) is 4.15. The number of primary amides is 1. The molecule has 2 amide bonds. The number of esters is 1. The summed E-state index contributed by atoms with van der Waals surface area (Å²) in [6.07, 6.45) is 1.63. The third kappa shape index (κ3) is 3.93. The molecule has 9 nitrogen and oxygen atoms in total. The number of sulfonamides is 1. The van der Waals surface area contributed by atoms with Gasteiger partial charge in [-0.1, -0.05) is 23.7 Å². The van der Waals surface area contributed by atoms with Gasteiger partial charge in [-0.2, -0.15) is 9.40 Å². The number of benzene rings is 2. The Kier molecular flexibility index (Phi) is 5.57. The Bertz CT molecular complexity index is 1160. The minimum Gasteiger partial charge on any atom is -0.465 e. The molecule has 1 aromatic heterocycles. The molecule has 29 heavy (non-hydrogen) atoms. The van der Waals surface area contributed by atoms with E-state index in [-0.39, 0.29) is 21.2 Å². The number of anilines is 1. The van der Waals surface area contributed by atoms with Crippen LogP contribution in [0.15, 0.2) is 59.6 Å². The summed E-state index contributed by atoms with van der Waals surface area (Å²) in [5.74, 6) is -0.855. The third-order valence-corrected chi connectivity index (χ3v) is 5.93. The van der Waals surface area contributed by atoms with Gasteiger partial charge in [-0.15, -0.1) is 0 Å². The van der Waals surface area contributed by atoms with Gasteiger partial charge < -0.3 is 10.5 Å². The van der Waals surface area contributed by atoms with Gasteiger partial charge in [-0.05, 0) is 36.4 Å². The van der Waals surface area contributed by atoms with Crippen LogP contribution in [0.5, 0.6) is 0 Å². The fourth-order valence-electron chi connectivity index (χ4n) is 2.65. The lowest BCUT2D eigenvalue weighted by Gasteiger charge is -2.22. The first-order valence-corrected chi connectivity index (χ1v) is 9.90. The Morgan fingerprint density at radius 2 is 1.83 bits per heavy atom. The van der Waals surface area contributed by atoms with Gasteiger partial charge in [-0.3, -0.25) is 5.10 Å². The molecule has 0 radical (unpaired) electrons. The molecule has 0 fully saturated rings. The Labute approximate surface area is 171 Å². The summed E-state index contributed by atoms with van der Waals surface area (Å²) in [5.41, 5.74) is 6.13. The lowest BCUT2D eigenvalue weighted by atomic mass is 10.2. The molecular weight excluding hydrogens is 420 g/mol. The third-order valence-electron chi connectivity index (χ3n) is 3.97. The maximum atomic E-state index is 13.2. The van der Waals surface area contributed by atoms with E-state index in [9.17, 15) is 18.0 Å². The van der Waals surface area contributed by atoms with E-state index in [0.717, 1.165) is 13.2 Å². The highest BCUT2D eigenvalue weighted by Crippen LogP contribution is 2.31. The number of carbonyl (C=O) groups is 2. The molecule has 3 aromatic rings. The van der Waals surface area contributed by atoms with Crippen molar-refractivity contribution >= 4 is 39.3 Å². The second-order valence-electron chi connectivity index (χ2n) is 5.74. The first-order valence-electron chi connectivity index (χ1n) is 8.08. The van der Waals surface area contributed by atoms with E-state index in [1.807, 2.05) is 0 Å². The zero-order valence-electron chi connectivity index (χ0n) is 15.0. The summed E-state index contributed by atoms with van der Waals surface area (Å²) in [6, 6.07) is 9.83. The van der Waals surface area contributed by atoms with Crippen LogP contribution >= 0.6 is 11.6 Å². The number of methoxy groups -OCH3 is 1. The molecule has 0 bridgehead atoms. The number of hydrogen-bond donors (Lipinski definition) is 2. The predicted molar refractivity (Wildman–Crippen MR) is 106 cm³/mol. The Morgan fingerprint density at radius 3 is 2.38 bits per heavy atom. The number of urea groups is 1. The number of ether oxygens (including phenoxy) is 1. The van der Waals surface area contributed by atoms with Crippen LogP contribution in [0.1, 0.15) is 10.4 Å². The number of hydrogen-bond acceptors (Lipinski definition) is 6. The predicted octanol–water partition coefficient (Wildman–Crippen LogP) is 2.79. The smallest absolute Gasteiger partial charge is 0.340 e. The Morgan fingerprint density at radius 1 is 1.14 bits per heavy atom. The summed E-state index contributed by atoms with van der Waals surface area (Å²) in [6.45, 7) is 0. The first-order chi connectivity index (χ1) is 13.8. The summed E-state index contributed by atoms with van der Waals surface area (Å²) >= 11 is 5.95. The zero-order valence-corrected chi connectivity index (χ0v) is 16.6. The highest BCUT2D eigenvalue weighted by Gasteiger charge is 2.33. The van der Waals surface area contributed by atoms with Crippen molar-refractivity contribution in [1.82, 2.24) is 10.2 Å². The Balaban J connectivity index is 2.11. The molecule has 3 N–H and O–H groups in total. The molecule has 0 aliphatic carbocycles. The zero-order chi connectivity index (χ0) is 21.2. The lowest BCUT2D eigenvalue weighted by Crippen LogP contribution is -2.41. The standard InChI is InChI=1S/C18H15ClN4O5S/c1-28-17(24)14-7-4-12(19)10-16(14)23(18(20)25)29(26,27)13-5-2-11(3-6-13)15-8-9-21-22-15/h2-10H,1H3,(H2,20,25)(H,21,22). The van der Waals surface area contributed by atoms with Crippen LogP contribution in [-0.2, 0) is 14.8 Å². The number of rotatable bonds is 5. The van der Waals surface area contributed by atoms with Crippen molar-refractivity contribution in [3.63, 3.8) is 0 Å². The number of nitrogens with zero attached hydrogens (tertiary/aromatic N) is 2. The second kappa shape index (κ2) is 7.94. The highest BCUT2D eigenvalue weighted by atomic mass is 35.5. The quantitative estimate of drug-likeness (QED) is 0.592. The van der Waals surface area contributed by atoms with Gasteiger partial charge in [0, 0.05) is 16.8 Å². The van der Waals surface area contributed by atoms with Crippen LogP contribution in [0.4, 0.5) is 10.5 Å². The minimum atomic E-state index is -4.46. The lowest BCUT2D eigenvalue weighted by molar-refractivity contribution is 0.0602. The number of H-pyrrole nitrogens is 1. The van der Waals surface area contributed by atoms with E-state index < -0.39 is 22.0 Å². The van der Waals surface area contributed by atoms with E-state index in [2.05, 4.69) is 14.9 Å². The number of carbonyl (C=O) groups excluding carboxylic acids is 2. The maximum absolute atomic E-state index is 13.2. The summed E-state index contributed by atoms with van der Waals surface area (Å²) in [4.78, 5) is 24.0. The van der Waals surface area contributed by atoms with Crippen LogP contribution in [0.2, 0.25) is 5.02 Å². The second-order valence-corrected chi connectivity index (χ2v) is 7.97. The number of nitrogens with one attached hydrogen (secondary N) is 1. The van der Waals surface area contributed by atoms with E-state index in [0.29, 0.717) is 15.6 Å². The van der Waals surface area contributed by atoms with Crippen LogP contribution in [-0.4, -0.2) is 37.7 Å². The summed E-state index contributed by atoms with van der Waals surface area (Å²) < 4.78 is 31.3. The van der Waals surface area contributed by atoms with E-state index in [4.69, 9.17) is 17.3 Å². The van der Waals surface area contributed by atoms with Gasteiger partial charge in [0.2, 0.25) is 0 Å². The van der Waals surface area contributed by atoms with Crippen molar-refractivity contribution in [3.05, 3.63) is 65.3 Å². The van der Waals surface area contributed by atoms with Gasteiger partial charge >= 0.3 is 12.0 Å². The number of aromatic nitrogens is 2. The van der Waals surface area contributed by atoms with Crippen LogP contribution in [0.3, 0.4) is 0 Å². The average Bonchev–Trinajstić information content (AvgIpc) is 3.22. The van der Waals surface area contributed by atoms with Crippen molar-refractivity contribution in [2.45, 2.75) is 4.90 Å². The molecule has 0 aliphatic heterocycles. The van der Waals surface area contributed by atoms with Crippen LogP contribution in [0.25, 0.3) is 11.3 Å². The molecule has 0 saturated heterocycles. The number of amides is 2. The van der Waals surface area contributed by atoms with Crippen molar-refractivity contribution < 1.29 is 22.7 Å². The molecule has 11 heteroatoms. The maximum Gasteiger partial charge on any atom is 0.340 e. The summed E-state index contributed by atoms with van der Waals surface area (Å²) in [5, 5.41) is 6.78. The van der Waals surface area contributed by atoms with Crippen LogP contribution < -0.4 is 10.0 Å². The molecule has 0 spiro atoms. The van der Waals surface area contributed by atoms with Gasteiger partial charge in [0.1, 0.15) is 0 Å². The van der Waals surface area contributed by atoms with Crippen molar-refractivity contribution in [2.75, 3.05) is 11.4 Å². The molecule has 2 aromatic carbocycles. The molecule has 0 atom stereocenters. The van der Waals surface area contributed by atoms with E-state index in [1.165, 1.54) is 36.4 Å². The van der Waals surface area contributed by atoms with E-state index in [1.54, 1.807) is 12.3 Å². The highest BCUT2D eigenvalue weighted by molar-refractivity contribution is 7.93. The molecular formula is C18H15ClN4O5S. The minimum absolute atomic E-state index is 0.1000. The largest absolute Gasteiger partial charge is 0.465 e. The van der Waals surface area contributed by atoms with E-state index >= 15 is 0 Å². The van der Waals surface area contributed by atoms with Gasteiger partial charge in [0.25, 0.3) is 10.0 Å². The Hall–Kier alpha value is -3.37. The fraction of sp³-hybridized carbons (Fsp3) is 0.0556. The van der Waals surface area contributed by atoms with Gasteiger partial charge in [0.05, 0.1) is 29.0 Å². The van der Waals surface area contributed by atoms with Crippen LogP contribution in [0, 0.1) is 0 Å². The first kappa shape index (κ1) is 20.4. The molecule has 1 heterocycles. The number of halogens is 1. The van der Waals surface area contributed by atoms with Crippen molar-refractivity contribution in [3.8, 4) is 11.3 Å². The molecule has 0 saturated carbocycles. The topological polar surface area (TPSA) is 135 Å². The molecule has 0 unspecified atom stereocenters. The molecule has 0 aliphatic rings. The SMILES string of the molecule is COC(=O)c1ccc(Cl)cc1N(C(N)=O)S(=O)(=O)c1ccc(-c2cc[nH]n2)cc1. The van der Waals surface area contributed by atoms with Crippen molar-refractivity contribution in [2.24, 2.45) is 5.73 Å². The van der Waals surface area contributed by atoms with Gasteiger partial charge in [-0.25, -0.2) is 18.0 Å². The average molecular weight is 435 g/mol. The number of aromatic amines is 1. The molecule has 150 valence electrons. The monoisotopic (exact) mass is 434 g/mol.